The topological polar surface area (TPSA) is 43.6 Å². The SMILES string of the molecule is [2H]c1cn(-c2ncccn2)nc1C. The monoisotopic (exact) mass is 161 g/mol. The van der Waals surface area contributed by atoms with Gasteiger partial charge in [0.05, 0.1) is 7.06 Å². The molecule has 0 bridgehead atoms. The van der Waals surface area contributed by atoms with E-state index in [4.69, 9.17) is 1.37 Å². The number of aryl methyl sites for hydroxylation is 1. The molecular weight excluding hydrogens is 152 g/mol. The van der Waals surface area contributed by atoms with Crippen LogP contribution in [0.4, 0.5) is 0 Å². The number of aromatic nitrogens is 4. The zero-order valence-electron chi connectivity index (χ0n) is 7.60. The third-order valence-corrected chi connectivity index (χ3v) is 1.41. The van der Waals surface area contributed by atoms with Crippen molar-refractivity contribution in [2.75, 3.05) is 0 Å². The molecule has 0 aliphatic heterocycles. The highest BCUT2D eigenvalue weighted by atomic mass is 15.3. The van der Waals surface area contributed by atoms with Gasteiger partial charge in [-0.05, 0) is 19.0 Å². The number of rotatable bonds is 1. The van der Waals surface area contributed by atoms with E-state index in [1.807, 2.05) is 0 Å². The molecule has 0 radical (unpaired) electrons. The first kappa shape index (κ1) is 5.88. The Hall–Kier alpha value is -1.71. The van der Waals surface area contributed by atoms with Gasteiger partial charge in [-0.25, -0.2) is 14.6 Å². The fraction of sp³-hybridized carbons (Fsp3) is 0.125. The average Bonchev–Trinajstić information content (AvgIpc) is 2.49. The lowest BCUT2D eigenvalue weighted by Crippen LogP contribution is -2.00. The van der Waals surface area contributed by atoms with Crippen LogP contribution in [0.15, 0.2) is 30.7 Å². The number of nitrogens with zero attached hydrogens (tertiary/aromatic N) is 4. The third kappa shape index (κ3) is 1.18. The molecule has 4 nitrogen and oxygen atoms in total. The van der Waals surface area contributed by atoms with Crippen LogP contribution in [-0.2, 0) is 0 Å². The normalized spacial score (nSPS) is 11.2. The maximum Gasteiger partial charge on any atom is 0.250 e. The van der Waals surface area contributed by atoms with Gasteiger partial charge in [0.25, 0.3) is 0 Å². The zero-order chi connectivity index (χ0) is 9.26. The molecule has 0 saturated heterocycles. The highest BCUT2D eigenvalue weighted by Crippen LogP contribution is 1.98. The van der Waals surface area contributed by atoms with Gasteiger partial charge in [-0.3, -0.25) is 0 Å². The summed E-state index contributed by atoms with van der Waals surface area (Å²) in [6.07, 6.45) is 4.87. The summed E-state index contributed by atoms with van der Waals surface area (Å²) >= 11 is 0. The second kappa shape index (κ2) is 2.73. The van der Waals surface area contributed by atoms with E-state index in [2.05, 4.69) is 15.1 Å². The molecule has 0 aliphatic rings. The van der Waals surface area contributed by atoms with Crippen LogP contribution in [0.5, 0.6) is 0 Å². The van der Waals surface area contributed by atoms with E-state index in [0.717, 1.165) is 0 Å². The minimum Gasteiger partial charge on any atom is -0.220 e. The third-order valence-electron chi connectivity index (χ3n) is 1.41. The molecule has 4 heteroatoms. The maximum absolute atomic E-state index is 7.45. The molecule has 0 amide bonds. The maximum atomic E-state index is 7.45. The van der Waals surface area contributed by atoms with Crippen LogP contribution in [0.1, 0.15) is 7.06 Å². The van der Waals surface area contributed by atoms with Gasteiger partial charge in [-0.15, -0.1) is 0 Å². The Labute approximate surface area is 71.3 Å². The number of hydrogen-bond donors (Lipinski definition) is 0. The van der Waals surface area contributed by atoms with E-state index >= 15 is 0 Å². The highest BCUT2D eigenvalue weighted by Gasteiger charge is 1.97. The highest BCUT2D eigenvalue weighted by molar-refractivity contribution is 5.10. The first-order valence-corrected chi connectivity index (χ1v) is 3.57. The second-order valence-electron chi connectivity index (χ2n) is 2.35. The molecule has 0 saturated carbocycles. The van der Waals surface area contributed by atoms with Crippen LogP contribution >= 0.6 is 0 Å². The summed E-state index contributed by atoms with van der Waals surface area (Å²) in [7, 11) is 0. The molecule has 0 N–H and O–H groups in total. The van der Waals surface area contributed by atoms with Crippen LogP contribution in [0.2, 0.25) is 0 Å². The van der Waals surface area contributed by atoms with E-state index < -0.39 is 0 Å². The van der Waals surface area contributed by atoms with Gasteiger partial charge in [0, 0.05) is 18.6 Å². The largest absolute Gasteiger partial charge is 0.250 e. The van der Waals surface area contributed by atoms with Crippen LogP contribution in [0.25, 0.3) is 5.95 Å². The molecule has 0 atom stereocenters. The Kier molecular flexibility index (Phi) is 1.34. The summed E-state index contributed by atoms with van der Waals surface area (Å²) in [6.45, 7) is 1.78. The molecule has 0 unspecified atom stereocenters. The number of hydrogen-bond acceptors (Lipinski definition) is 3. The van der Waals surface area contributed by atoms with E-state index in [1.54, 1.807) is 31.6 Å². The Bertz CT molecular complexity index is 390. The molecule has 12 heavy (non-hydrogen) atoms. The Morgan fingerprint density at radius 2 is 2.17 bits per heavy atom. The van der Waals surface area contributed by atoms with Crippen molar-refractivity contribution in [2.24, 2.45) is 0 Å². The van der Waals surface area contributed by atoms with Crippen molar-refractivity contribution in [3.63, 3.8) is 0 Å². The minimum atomic E-state index is 0.396. The van der Waals surface area contributed by atoms with Crippen molar-refractivity contribution in [1.82, 2.24) is 19.7 Å². The molecule has 2 aromatic heterocycles. The molecule has 0 aromatic carbocycles. The van der Waals surface area contributed by atoms with Gasteiger partial charge in [0.15, 0.2) is 0 Å². The van der Waals surface area contributed by atoms with Crippen molar-refractivity contribution in [1.29, 1.82) is 0 Å². The summed E-state index contributed by atoms with van der Waals surface area (Å²) in [4.78, 5) is 8.02. The summed E-state index contributed by atoms with van der Waals surface area (Å²) in [5.41, 5.74) is 0.674. The van der Waals surface area contributed by atoms with Crippen molar-refractivity contribution in [3.8, 4) is 5.95 Å². The molecule has 2 aromatic rings. The molecule has 0 aliphatic carbocycles. The summed E-state index contributed by atoms with van der Waals surface area (Å²) in [5, 5.41) is 4.08. The molecule has 2 heterocycles. The fourth-order valence-corrected chi connectivity index (χ4v) is 0.886. The van der Waals surface area contributed by atoms with Crippen molar-refractivity contribution < 1.29 is 1.37 Å². The van der Waals surface area contributed by atoms with Gasteiger partial charge in [-0.1, -0.05) is 0 Å². The Balaban J connectivity index is 2.48. The second-order valence-corrected chi connectivity index (χ2v) is 2.35. The summed E-state index contributed by atoms with van der Waals surface area (Å²) in [6, 6.07) is 2.13. The van der Waals surface area contributed by atoms with E-state index in [-0.39, 0.29) is 0 Å². The first-order valence-electron chi connectivity index (χ1n) is 4.07. The molecule has 2 rings (SSSR count). The van der Waals surface area contributed by atoms with Gasteiger partial charge in [0.2, 0.25) is 5.95 Å². The first-order chi connectivity index (χ1) is 6.27. The summed E-state index contributed by atoms with van der Waals surface area (Å²) < 4.78 is 8.95. The van der Waals surface area contributed by atoms with Crippen LogP contribution in [0, 0.1) is 6.92 Å². The predicted molar refractivity (Wildman–Crippen MR) is 43.9 cm³/mol. The van der Waals surface area contributed by atoms with Gasteiger partial charge in [-0.2, -0.15) is 5.10 Å². The fourth-order valence-electron chi connectivity index (χ4n) is 0.886. The average molecular weight is 161 g/mol. The molecular formula is C8H8N4. The van der Waals surface area contributed by atoms with E-state index in [0.29, 0.717) is 17.7 Å². The van der Waals surface area contributed by atoms with Crippen molar-refractivity contribution >= 4 is 0 Å². The summed E-state index contributed by atoms with van der Waals surface area (Å²) in [5.74, 6) is 0.490. The van der Waals surface area contributed by atoms with E-state index in [1.165, 1.54) is 4.68 Å². The van der Waals surface area contributed by atoms with Gasteiger partial charge >= 0.3 is 0 Å². The Morgan fingerprint density at radius 3 is 2.75 bits per heavy atom. The lowest BCUT2D eigenvalue weighted by atomic mass is 10.5. The predicted octanol–water partition coefficient (Wildman–Crippen LogP) is 0.971. The van der Waals surface area contributed by atoms with Gasteiger partial charge in [0.1, 0.15) is 0 Å². The van der Waals surface area contributed by atoms with Crippen molar-refractivity contribution in [2.45, 2.75) is 6.92 Å². The smallest absolute Gasteiger partial charge is 0.220 e. The molecule has 0 fully saturated rings. The zero-order valence-corrected chi connectivity index (χ0v) is 6.60. The van der Waals surface area contributed by atoms with Gasteiger partial charge < -0.3 is 0 Å². The van der Waals surface area contributed by atoms with Crippen LogP contribution in [-0.4, -0.2) is 19.7 Å². The molecule has 0 spiro atoms. The van der Waals surface area contributed by atoms with E-state index in [9.17, 15) is 0 Å². The lowest BCUT2D eigenvalue weighted by molar-refractivity contribution is 0.797. The quantitative estimate of drug-likeness (QED) is 0.626. The minimum absolute atomic E-state index is 0.396. The van der Waals surface area contributed by atoms with Crippen LogP contribution in [0.3, 0.4) is 0 Å². The van der Waals surface area contributed by atoms with Crippen LogP contribution < -0.4 is 0 Å². The lowest BCUT2D eigenvalue weighted by Gasteiger charge is -1.95. The molecule has 60 valence electrons. The Morgan fingerprint density at radius 1 is 1.42 bits per heavy atom. The standard InChI is InChI=1S/C8H8N4/c1-7-3-6-12(11-7)8-9-4-2-5-10-8/h2-6H,1H3/i3D. The van der Waals surface area contributed by atoms with Crippen molar-refractivity contribution in [3.05, 3.63) is 36.4 Å².